The average Bonchev–Trinajstić information content (AvgIpc) is 2.48. The van der Waals surface area contributed by atoms with Gasteiger partial charge in [-0.25, -0.2) is 0 Å². The molecule has 1 aromatic carbocycles. The molecule has 0 aliphatic carbocycles. The van der Waals surface area contributed by atoms with E-state index in [1.807, 2.05) is 6.07 Å². The molecule has 0 spiro atoms. The number of nitrogens with one attached hydrogen (secondary N) is 1. The highest BCUT2D eigenvalue weighted by Crippen LogP contribution is 2.13. The van der Waals surface area contributed by atoms with Crippen molar-refractivity contribution in [3.63, 3.8) is 0 Å². The molecule has 21 heavy (non-hydrogen) atoms. The second-order valence-corrected chi connectivity index (χ2v) is 5.95. The van der Waals surface area contributed by atoms with E-state index in [4.69, 9.17) is 4.74 Å². The summed E-state index contributed by atoms with van der Waals surface area (Å²) < 4.78 is 5.87. The fourth-order valence-corrected chi connectivity index (χ4v) is 2.23. The first kappa shape index (κ1) is 18.0. The third-order valence-corrected chi connectivity index (χ3v) is 3.72. The van der Waals surface area contributed by atoms with Gasteiger partial charge in [-0.2, -0.15) is 0 Å². The highest BCUT2D eigenvalue weighted by Gasteiger charge is 2.04. The van der Waals surface area contributed by atoms with Crippen molar-refractivity contribution in [3.05, 3.63) is 29.8 Å². The summed E-state index contributed by atoms with van der Waals surface area (Å²) in [6.07, 6.45) is 2.40. The highest BCUT2D eigenvalue weighted by molar-refractivity contribution is 5.28. The summed E-state index contributed by atoms with van der Waals surface area (Å²) in [6.45, 7) is 11.6. The van der Waals surface area contributed by atoms with Gasteiger partial charge in [0.1, 0.15) is 12.4 Å². The lowest BCUT2D eigenvalue weighted by Gasteiger charge is -2.20. The fourth-order valence-electron chi connectivity index (χ4n) is 2.23. The lowest BCUT2D eigenvalue weighted by molar-refractivity contribution is 0.217. The Hall–Kier alpha value is -1.06. The molecule has 1 N–H and O–H groups in total. The minimum Gasteiger partial charge on any atom is -0.492 e. The van der Waals surface area contributed by atoms with Gasteiger partial charge in [-0.15, -0.1) is 0 Å². The van der Waals surface area contributed by atoms with Gasteiger partial charge in [0.25, 0.3) is 0 Å². The van der Waals surface area contributed by atoms with Crippen LogP contribution in [0.5, 0.6) is 5.75 Å². The highest BCUT2D eigenvalue weighted by atomic mass is 16.5. The zero-order valence-electron chi connectivity index (χ0n) is 14.2. The van der Waals surface area contributed by atoms with Crippen LogP contribution in [0.3, 0.4) is 0 Å². The van der Waals surface area contributed by atoms with Crippen molar-refractivity contribution in [3.8, 4) is 5.75 Å². The Morgan fingerprint density at radius 2 is 2.10 bits per heavy atom. The molecule has 0 fully saturated rings. The Labute approximate surface area is 130 Å². The summed E-state index contributed by atoms with van der Waals surface area (Å²) >= 11 is 0. The van der Waals surface area contributed by atoms with E-state index in [0.29, 0.717) is 0 Å². The number of nitrogens with zero attached hydrogens (tertiary/aromatic N) is 1. The standard InChI is InChI=1S/C18H32N2O/c1-5-10-19-14-17-8-7-9-18(13-17)21-12-11-20(4)15-16(3)6-2/h7-9,13,16,19H,5-6,10-12,14-15H2,1-4H3. The first-order chi connectivity index (χ1) is 10.2. The summed E-state index contributed by atoms with van der Waals surface area (Å²) in [7, 11) is 2.17. The molecular weight excluding hydrogens is 260 g/mol. The van der Waals surface area contributed by atoms with Crippen molar-refractivity contribution >= 4 is 0 Å². The Balaban J connectivity index is 2.29. The van der Waals surface area contributed by atoms with Gasteiger partial charge in [0.15, 0.2) is 0 Å². The summed E-state index contributed by atoms with van der Waals surface area (Å²) in [4.78, 5) is 2.35. The smallest absolute Gasteiger partial charge is 0.119 e. The normalized spacial score (nSPS) is 12.6. The first-order valence-corrected chi connectivity index (χ1v) is 8.26. The van der Waals surface area contributed by atoms with Gasteiger partial charge in [0.05, 0.1) is 0 Å². The van der Waals surface area contributed by atoms with Gasteiger partial charge < -0.3 is 15.0 Å². The molecule has 0 heterocycles. The Morgan fingerprint density at radius 1 is 1.29 bits per heavy atom. The second-order valence-electron chi connectivity index (χ2n) is 5.95. The van der Waals surface area contributed by atoms with E-state index in [0.717, 1.165) is 44.5 Å². The maximum absolute atomic E-state index is 5.87. The van der Waals surface area contributed by atoms with Crippen LogP contribution in [0, 0.1) is 5.92 Å². The zero-order chi connectivity index (χ0) is 15.5. The third kappa shape index (κ3) is 8.08. The van der Waals surface area contributed by atoms with Gasteiger partial charge >= 0.3 is 0 Å². The summed E-state index contributed by atoms with van der Waals surface area (Å²) in [5, 5.41) is 3.42. The quantitative estimate of drug-likeness (QED) is 0.631. The van der Waals surface area contributed by atoms with Gasteiger partial charge in [0, 0.05) is 19.6 Å². The number of benzene rings is 1. The largest absolute Gasteiger partial charge is 0.492 e. The zero-order valence-corrected chi connectivity index (χ0v) is 14.2. The molecule has 1 rings (SSSR count). The molecule has 0 aromatic heterocycles. The van der Waals surface area contributed by atoms with E-state index in [-0.39, 0.29) is 0 Å². The maximum atomic E-state index is 5.87. The fraction of sp³-hybridized carbons (Fsp3) is 0.667. The van der Waals surface area contributed by atoms with Crippen LogP contribution in [0.2, 0.25) is 0 Å². The lowest BCUT2D eigenvalue weighted by Crippen LogP contribution is -2.28. The van der Waals surface area contributed by atoms with E-state index < -0.39 is 0 Å². The molecule has 3 heteroatoms. The molecule has 1 aromatic rings. The van der Waals surface area contributed by atoms with E-state index in [9.17, 15) is 0 Å². The first-order valence-electron chi connectivity index (χ1n) is 8.26. The summed E-state index contributed by atoms with van der Waals surface area (Å²) in [5.74, 6) is 1.73. The van der Waals surface area contributed by atoms with Crippen LogP contribution in [0.15, 0.2) is 24.3 Å². The number of hydrogen-bond donors (Lipinski definition) is 1. The monoisotopic (exact) mass is 292 g/mol. The van der Waals surface area contributed by atoms with Crippen molar-refractivity contribution in [2.24, 2.45) is 5.92 Å². The molecule has 1 atom stereocenters. The molecule has 0 aliphatic heterocycles. The van der Waals surface area contributed by atoms with Crippen LogP contribution in [-0.2, 0) is 6.54 Å². The van der Waals surface area contributed by atoms with Crippen molar-refractivity contribution in [2.75, 3.05) is 33.3 Å². The predicted octanol–water partition coefficient (Wildman–Crippen LogP) is 3.54. The summed E-state index contributed by atoms with van der Waals surface area (Å²) in [6, 6.07) is 8.39. The maximum Gasteiger partial charge on any atom is 0.119 e. The Morgan fingerprint density at radius 3 is 2.81 bits per heavy atom. The Bertz CT molecular complexity index is 381. The Kier molecular flexibility index (Phi) is 9.11. The van der Waals surface area contributed by atoms with Crippen LogP contribution in [-0.4, -0.2) is 38.2 Å². The van der Waals surface area contributed by atoms with Gasteiger partial charge in [-0.05, 0) is 43.6 Å². The van der Waals surface area contributed by atoms with Crippen molar-refractivity contribution in [1.29, 1.82) is 0 Å². The lowest BCUT2D eigenvalue weighted by atomic mass is 10.1. The van der Waals surface area contributed by atoms with Crippen LogP contribution >= 0.6 is 0 Å². The number of rotatable bonds is 11. The predicted molar refractivity (Wildman–Crippen MR) is 90.9 cm³/mol. The van der Waals surface area contributed by atoms with Crippen LogP contribution < -0.4 is 10.1 Å². The minimum absolute atomic E-state index is 0.749. The second kappa shape index (κ2) is 10.6. The van der Waals surface area contributed by atoms with Crippen LogP contribution in [0.1, 0.15) is 39.2 Å². The number of hydrogen-bond acceptors (Lipinski definition) is 3. The minimum atomic E-state index is 0.749. The van der Waals surface area contributed by atoms with Crippen molar-refractivity contribution < 1.29 is 4.74 Å². The van der Waals surface area contributed by atoms with Crippen LogP contribution in [0.25, 0.3) is 0 Å². The molecule has 0 saturated carbocycles. The molecule has 0 amide bonds. The molecule has 0 radical (unpaired) electrons. The van der Waals surface area contributed by atoms with E-state index >= 15 is 0 Å². The molecule has 0 saturated heterocycles. The number of likely N-dealkylation sites (N-methyl/N-ethyl adjacent to an activating group) is 1. The molecular formula is C18H32N2O. The van der Waals surface area contributed by atoms with Gasteiger partial charge in [-0.3, -0.25) is 0 Å². The SMILES string of the molecule is CCCNCc1cccc(OCCN(C)CC(C)CC)c1. The van der Waals surface area contributed by atoms with Crippen LogP contribution in [0.4, 0.5) is 0 Å². The summed E-state index contributed by atoms with van der Waals surface area (Å²) in [5.41, 5.74) is 1.29. The van der Waals surface area contributed by atoms with Crippen molar-refractivity contribution in [2.45, 2.75) is 40.2 Å². The molecule has 0 bridgehead atoms. The average molecular weight is 292 g/mol. The van der Waals surface area contributed by atoms with Gasteiger partial charge in [0.2, 0.25) is 0 Å². The van der Waals surface area contributed by atoms with E-state index in [1.54, 1.807) is 0 Å². The molecule has 3 nitrogen and oxygen atoms in total. The molecule has 120 valence electrons. The third-order valence-electron chi connectivity index (χ3n) is 3.72. The number of ether oxygens (including phenoxy) is 1. The van der Waals surface area contributed by atoms with Crippen molar-refractivity contribution in [1.82, 2.24) is 10.2 Å². The topological polar surface area (TPSA) is 24.5 Å². The van der Waals surface area contributed by atoms with E-state index in [1.165, 1.54) is 18.4 Å². The molecule has 1 unspecified atom stereocenters. The molecule has 0 aliphatic rings. The van der Waals surface area contributed by atoms with E-state index in [2.05, 4.69) is 56.2 Å². The van der Waals surface area contributed by atoms with Gasteiger partial charge in [-0.1, -0.05) is 39.3 Å².